The number of nitrogens with one attached hydrogen (secondary N) is 2. The molecule has 0 unspecified atom stereocenters. The number of aromatic nitrogens is 1. The first-order valence-electron chi connectivity index (χ1n) is 11.1. The first kappa shape index (κ1) is 23.5. The van der Waals surface area contributed by atoms with Gasteiger partial charge < -0.3 is 20.1 Å². The summed E-state index contributed by atoms with van der Waals surface area (Å²) in [6, 6.07) is 27.3. The molecule has 0 saturated heterocycles. The van der Waals surface area contributed by atoms with Crippen molar-refractivity contribution in [3.05, 3.63) is 114 Å². The number of hydrogen-bond acceptors (Lipinski definition) is 5. The molecule has 1 aromatic heterocycles. The highest BCUT2D eigenvalue weighted by Crippen LogP contribution is 2.27. The van der Waals surface area contributed by atoms with Crippen LogP contribution in [0.3, 0.4) is 0 Å². The highest BCUT2D eigenvalue weighted by Gasteiger charge is 2.15. The van der Waals surface area contributed by atoms with Gasteiger partial charge >= 0.3 is 6.09 Å². The van der Waals surface area contributed by atoms with E-state index in [2.05, 4.69) is 15.6 Å². The Hall–Kier alpha value is -4.65. The van der Waals surface area contributed by atoms with Crippen molar-refractivity contribution < 1.29 is 19.1 Å². The maximum absolute atomic E-state index is 13.0. The molecule has 2 N–H and O–H groups in total. The van der Waals surface area contributed by atoms with Crippen molar-refractivity contribution in [3.63, 3.8) is 0 Å². The second kappa shape index (κ2) is 11.5. The van der Waals surface area contributed by atoms with Gasteiger partial charge in [0.1, 0.15) is 11.5 Å². The van der Waals surface area contributed by atoms with Crippen LogP contribution in [-0.2, 0) is 13.1 Å². The number of ether oxygens (including phenoxy) is 2. The normalized spacial score (nSPS) is 10.3. The quantitative estimate of drug-likeness (QED) is 0.382. The molecule has 35 heavy (non-hydrogen) atoms. The van der Waals surface area contributed by atoms with Crippen molar-refractivity contribution in [1.82, 2.24) is 15.6 Å². The van der Waals surface area contributed by atoms with Crippen LogP contribution in [0, 0.1) is 0 Å². The summed E-state index contributed by atoms with van der Waals surface area (Å²) in [6.45, 7) is 0.559. The minimum Gasteiger partial charge on any atom is -0.497 e. The minimum absolute atomic E-state index is 0.201. The molecule has 2 amide bonds. The second-order valence-electron chi connectivity index (χ2n) is 7.63. The topological polar surface area (TPSA) is 89.5 Å². The monoisotopic (exact) mass is 467 g/mol. The van der Waals surface area contributed by atoms with Crippen LogP contribution in [0.5, 0.6) is 11.5 Å². The molecular weight excluding hydrogens is 442 g/mol. The average molecular weight is 468 g/mol. The fourth-order valence-corrected chi connectivity index (χ4v) is 3.58. The summed E-state index contributed by atoms with van der Waals surface area (Å²) in [4.78, 5) is 29.6. The number of methoxy groups -OCH3 is 1. The summed E-state index contributed by atoms with van der Waals surface area (Å²) in [7, 11) is 1.57. The van der Waals surface area contributed by atoms with E-state index in [0.29, 0.717) is 23.6 Å². The molecule has 0 aliphatic rings. The predicted octanol–water partition coefficient (Wildman–Crippen LogP) is 4.98. The van der Waals surface area contributed by atoms with Gasteiger partial charge in [-0.15, -0.1) is 0 Å². The Kier molecular flexibility index (Phi) is 7.70. The molecule has 0 radical (unpaired) electrons. The Morgan fingerprint density at radius 3 is 2.17 bits per heavy atom. The Bertz CT molecular complexity index is 1290. The molecular formula is C28H25N3O4. The zero-order valence-electron chi connectivity index (χ0n) is 19.2. The van der Waals surface area contributed by atoms with E-state index in [1.54, 1.807) is 43.6 Å². The Labute approximate surface area is 203 Å². The molecule has 0 fully saturated rings. The third-order valence-corrected chi connectivity index (χ3v) is 5.33. The molecule has 0 aliphatic heterocycles. The zero-order chi connectivity index (χ0) is 24.5. The van der Waals surface area contributed by atoms with Gasteiger partial charge in [-0.25, -0.2) is 4.79 Å². The third kappa shape index (κ3) is 6.23. The Balaban J connectivity index is 1.46. The van der Waals surface area contributed by atoms with Gasteiger partial charge in [0.15, 0.2) is 0 Å². The molecule has 0 atom stereocenters. The van der Waals surface area contributed by atoms with E-state index in [0.717, 1.165) is 22.4 Å². The lowest BCUT2D eigenvalue weighted by molar-refractivity contribution is 0.0951. The number of rotatable bonds is 8. The van der Waals surface area contributed by atoms with Crippen LogP contribution in [-0.4, -0.2) is 24.1 Å². The summed E-state index contributed by atoms with van der Waals surface area (Å²) in [5.41, 5.74) is 3.78. The lowest BCUT2D eigenvalue weighted by Gasteiger charge is -2.15. The van der Waals surface area contributed by atoms with Crippen LogP contribution in [0.1, 0.15) is 21.6 Å². The van der Waals surface area contributed by atoms with Crippen LogP contribution >= 0.6 is 0 Å². The highest BCUT2D eigenvalue weighted by molar-refractivity contribution is 6.01. The first-order valence-corrected chi connectivity index (χ1v) is 11.1. The van der Waals surface area contributed by atoms with Gasteiger partial charge in [-0.05, 0) is 59.2 Å². The largest absolute Gasteiger partial charge is 0.497 e. The van der Waals surface area contributed by atoms with E-state index >= 15 is 0 Å². The van der Waals surface area contributed by atoms with E-state index in [4.69, 9.17) is 9.47 Å². The molecule has 1 heterocycles. The molecule has 0 spiro atoms. The highest BCUT2D eigenvalue weighted by atomic mass is 16.6. The van der Waals surface area contributed by atoms with Gasteiger partial charge in [0, 0.05) is 18.3 Å². The molecule has 176 valence electrons. The molecule has 3 aromatic carbocycles. The van der Waals surface area contributed by atoms with Crippen LogP contribution in [0.15, 0.2) is 97.2 Å². The predicted molar refractivity (Wildman–Crippen MR) is 133 cm³/mol. The molecule has 4 aromatic rings. The van der Waals surface area contributed by atoms with Gasteiger partial charge in [0.2, 0.25) is 0 Å². The van der Waals surface area contributed by atoms with Crippen LogP contribution in [0.4, 0.5) is 4.79 Å². The Morgan fingerprint density at radius 1 is 0.743 bits per heavy atom. The van der Waals surface area contributed by atoms with Crippen molar-refractivity contribution in [1.29, 1.82) is 0 Å². The Morgan fingerprint density at radius 2 is 1.43 bits per heavy atom. The standard InChI is InChI=1S/C28H25N3O4/c1-34-22-13-15-23(16-14-22)35-28(33)31-18-20-8-2-3-10-24(20)25-11-4-5-12-26(25)27(32)30-19-21-9-6-7-17-29-21/h2-17H,18-19H2,1H3,(H,30,32)(H,31,33). The smallest absolute Gasteiger partial charge is 0.412 e. The summed E-state index contributed by atoms with van der Waals surface area (Å²) in [5.74, 6) is 0.883. The van der Waals surface area contributed by atoms with Crippen molar-refractivity contribution >= 4 is 12.0 Å². The molecule has 0 aliphatic carbocycles. The van der Waals surface area contributed by atoms with E-state index in [1.807, 2.05) is 60.7 Å². The number of carbonyl (C=O) groups is 2. The zero-order valence-corrected chi connectivity index (χ0v) is 19.2. The average Bonchev–Trinajstić information content (AvgIpc) is 2.92. The van der Waals surface area contributed by atoms with Crippen LogP contribution in [0.25, 0.3) is 11.1 Å². The number of nitrogens with zero attached hydrogens (tertiary/aromatic N) is 1. The van der Waals surface area contributed by atoms with Crippen molar-refractivity contribution in [3.8, 4) is 22.6 Å². The van der Waals surface area contributed by atoms with Crippen LogP contribution < -0.4 is 20.1 Å². The number of carbonyl (C=O) groups excluding carboxylic acids is 2. The first-order chi connectivity index (χ1) is 17.1. The summed E-state index contributed by atoms with van der Waals surface area (Å²) in [5, 5.41) is 5.71. The second-order valence-corrected chi connectivity index (χ2v) is 7.63. The lowest BCUT2D eigenvalue weighted by atomic mass is 9.95. The summed E-state index contributed by atoms with van der Waals surface area (Å²) < 4.78 is 10.5. The molecule has 0 saturated carbocycles. The summed E-state index contributed by atoms with van der Waals surface area (Å²) >= 11 is 0. The minimum atomic E-state index is -0.577. The van der Waals surface area contributed by atoms with E-state index in [-0.39, 0.29) is 12.5 Å². The number of pyridine rings is 1. The van der Waals surface area contributed by atoms with Gasteiger partial charge in [0.25, 0.3) is 5.91 Å². The third-order valence-electron chi connectivity index (χ3n) is 5.33. The summed E-state index contributed by atoms with van der Waals surface area (Å²) in [6.07, 6.45) is 1.12. The fraction of sp³-hybridized carbons (Fsp3) is 0.107. The van der Waals surface area contributed by atoms with Crippen molar-refractivity contribution in [2.75, 3.05) is 7.11 Å². The maximum atomic E-state index is 13.0. The van der Waals surface area contributed by atoms with Crippen LogP contribution in [0.2, 0.25) is 0 Å². The number of benzene rings is 3. The van der Waals surface area contributed by atoms with Crippen molar-refractivity contribution in [2.24, 2.45) is 0 Å². The van der Waals surface area contributed by atoms with E-state index in [9.17, 15) is 9.59 Å². The van der Waals surface area contributed by atoms with Gasteiger partial charge in [-0.2, -0.15) is 0 Å². The van der Waals surface area contributed by atoms with Gasteiger partial charge in [-0.1, -0.05) is 48.5 Å². The molecule has 0 bridgehead atoms. The fourth-order valence-electron chi connectivity index (χ4n) is 3.58. The van der Waals surface area contributed by atoms with E-state index in [1.165, 1.54) is 0 Å². The lowest BCUT2D eigenvalue weighted by Crippen LogP contribution is -2.26. The molecule has 7 nitrogen and oxygen atoms in total. The molecule has 4 rings (SSSR count). The number of hydrogen-bond donors (Lipinski definition) is 2. The maximum Gasteiger partial charge on any atom is 0.412 e. The molecule has 7 heteroatoms. The van der Waals surface area contributed by atoms with Gasteiger partial charge in [-0.3, -0.25) is 9.78 Å². The number of amides is 2. The van der Waals surface area contributed by atoms with E-state index < -0.39 is 6.09 Å². The SMILES string of the molecule is COc1ccc(OC(=O)NCc2ccccc2-c2ccccc2C(=O)NCc2ccccn2)cc1. The van der Waals surface area contributed by atoms with Gasteiger partial charge in [0.05, 0.1) is 19.3 Å². The van der Waals surface area contributed by atoms with Crippen molar-refractivity contribution in [2.45, 2.75) is 13.1 Å².